The molecule has 0 aliphatic heterocycles. The van der Waals surface area contributed by atoms with E-state index in [0.717, 1.165) is 0 Å². The second-order valence-electron chi connectivity index (χ2n) is 5.71. The summed E-state index contributed by atoms with van der Waals surface area (Å²) in [6.07, 6.45) is -0.484. The maximum absolute atomic E-state index is 14.2. The molecule has 166 valence electrons. The largest absolute Gasteiger partial charge is 0.341 e. The molecular formula is C15H6Cl3F10NSi. The zero-order valence-electron chi connectivity index (χ0n) is 14.0. The molecule has 0 aliphatic carbocycles. The van der Waals surface area contributed by atoms with Crippen molar-refractivity contribution in [3.05, 3.63) is 58.2 Å². The van der Waals surface area contributed by atoms with Gasteiger partial charge in [0.05, 0.1) is 0 Å². The van der Waals surface area contributed by atoms with Crippen molar-refractivity contribution in [3.8, 4) is 0 Å². The summed E-state index contributed by atoms with van der Waals surface area (Å²) in [5.41, 5.74) is -3.89. The number of halogens is 13. The number of anilines is 2. The number of benzene rings is 2. The van der Waals surface area contributed by atoms with Gasteiger partial charge in [0.25, 0.3) is 0 Å². The normalized spacial score (nSPS) is 11.9. The van der Waals surface area contributed by atoms with E-state index in [1.54, 1.807) is 0 Å². The average Bonchev–Trinajstić information content (AvgIpc) is 2.66. The third-order valence-corrected chi connectivity index (χ3v) is 6.38. The fraction of sp³-hybridized carbons (Fsp3) is 0.200. The Labute approximate surface area is 176 Å². The molecule has 0 unspecified atom stereocenters. The van der Waals surface area contributed by atoms with E-state index in [-0.39, 0.29) is 10.9 Å². The SMILES string of the molecule is Fc1c(F)c(F)c(N(CCC[Si](Cl)(Cl)Cl)c2c(F)c(F)c(F)c(F)c2F)c(F)c1F. The Kier molecular flexibility index (Phi) is 7.48. The van der Waals surface area contributed by atoms with Crippen molar-refractivity contribution in [2.45, 2.75) is 12.5 Å². The van der Waals surface area contributed by atoms with Crippen LogP contribution in [0.2, 0.25) is 6.04 Å². The first-order chi connectivity index (χ1) is 13.7. The average molecular weight is 525 g/mol. The molecule has 0 atom stereocenters. The van der Waals surface area contributed by atoms with E-state index in [9.17, 15) is 43.9 Å². The Morgan fingerprint density at radius 2 is 0.767 bits per heavy atom. The van der Waals surface area contributed by atoms with Crippen LogP contribution in [0, 0.1) is 58.2 Å². The van der Waals surface area contributed by atoms with Gasteiger partial charge in [-0.1, -0.05) is 0 Å². The smallest absolute Gasteiger partial charge is 0.332 e. The van der Waals surface area contributed by atoms with Crippen LogP contribution in [-0.4, -0.2) is 12.5 Å². The number of hydrogen-bond acceptors (Lipinski definition) is 1. The van der Waals surface area contributed by atoms with E-state index in [2.05, 4.69) is 0 Å². The third-order valence-electron chi connectivity index (χ3n) is 3.76. The minimum atomic E-state index is -3.44. The molecule has 0 heterocycles. The molecule has 0 saturated heterocycles. The minimum Gasteiger partial charge on any atom is -0.332 e. The predicted octanol–water partition coefficient (Wildman–Crippen LogP) is 7.26. The molecule has 0 bridgehead atoms. The van der Waals surface area contributed by atoms with Gasteiger partial charge in [0.2, 0.25) is 11.6 Å². The molecule has 2 rings (SSSR count). The van der Waals surface area contributed by atoms with E-state index < -0.39 is 88.5 Å². The molecule has 2 aromatic carbocycles. The van der Waals surface area contributed by atoms with Crippen LogP contribution in [0.1, 0.15) is 6.42 Å². The summed E-state index contributed by atoms with van der Waals surface area (Å²) >= 11 is 16.8. The summed E-state index contributed by atoms with van der Waals surface area (Å²) in [6, 6.07) is -3.79. The Hall–Kier alpha value is -1.37. The first kappa shape index (κ1) is 24.9. The van der Waals surface area contributed by atoms with Crippen LogP contribution >= 0.6 is 33.2 Å². The predicted molar refractivity (Wildman–Crippen MR) is 92.2 cm³/mol. The summed E-state index contributed by atoms with van der Waals surface area (Å²) in [6.45, 7) is -1.03. The van der Waals surface area contributed by atoms with Gasteiger partial charge >= 0.3 is 6.00 Å². The van der Waals surface area contributed by atoms with Gasteiger partial charge in [-0.3, -0.25) is 0 Å². The molecule has 0 spiro atoms. The standard InChI is InChI=1S/C15H6Cl3F10NSi/c16-30(17,18)3-1-2-29(14-10(25)6(21)4(19)7(22)11(14)26)15-12(27)8(23)5(20)9(24)13(15)28/h1-3H2. The Morgan fingerprint density at radius 1 is 0.500 bits per heavy atom. The molecule has 0 aromatic heterocycles. The van der Waals surface area contributed by atoms with Crippen molar-refractivity contribution in [3.63, 3.8) is 0 Å². The van der Waals surface area contributed by atoms with E-state index in [1.165, 1.54) is 0 Å². The summed E-state index contributed by atoms with van der Waals surface area (Å²) in [7, 11) is 0. The van der Waals surface area contributed by atoms with E-state index in [0.29, 0.717) is 0 Å². The molecule has 15 heteroatoms. The zero-order valence-corrected chi connectivity index (χ0v) is 17.2. The second kappa shape index (κ2) is 9.01. The van der Waals surface area contributed by atoms with Gasteiger partial charge in [-0.2, -0.15) is 0 Å². The molecule has 30 heavy (non-hydrogen) atoms. The monoisotopic (exact) mass is 523 g/mol. The van der Waals surface area contributed by atoms with E-state index in [4.69, 9.17) is 33.2 Å². The molecule has 0 aliphatic rings. The first-order valence-corrected chi connectivity index (χ1v) is 12.8. The lowest BCUT2D eigenvalue weighted by atomic mass is 10.1. The van der Waals surface area contributed by atoms with Gasteiger partial charge in [-0.25, -0.2) is 43.9 Å². The van der Waals surface area contributed by atoms with Crippen LogP contribution in [0.3, 0.4) is 0 Å². The molecule has 0 amide bonds. The van der Waals surface area contributed by atoms with Crippen LogP contribution in [0.15, 0.2) is 0 Å². The second-order valence-corrected chi connectivity index (χ2v) is 15.0. The van der Waals surface area contributed by atoms with Crippen LogP contribution in [-0.2, 0) is 0 Å². The lowest BCUT2D eigenvalue weighted by molar-refractivity contribution is 0.373. The Bertz CT molecular complexity index is 871. The summed E-state index contributed by atoms with van der Waals surface area (Å²) < 4.78 is 138. The quantitative estimate of drug-likeness (QED) is 0.126. The maximum atomic E-state index is 14.2. The van der Waals surface area contributed by atoms with Gasteiger partial charge < -0.3 is 4.90 Å². The summed E-state index contributed by atoms with van der Waals surface area (Å²) in [5, 5.41) is 0. The topological polar surface area (TPSA) is 3.24 Å². The maximum Gasteiger partial charge on any atom is 0.341 e. The zero-order chi connectivity index (χ0) is 23.1. The molecule has 2 aromatic rings. The van der Waals surface area contributed by atoms with Crippen LogP contribution in [0.5, 0.6) is 0 Å². The summed E-state index contributed by atoms with van der Waals surface area (Å²) in [5.74, 6) is -25.5. The Balaban J connectivity index is 2.80. The van der Waals surface area contributed by atoms with E-state index in [1.807, 2.05) is 0 Å². The van der Waals surface area contributed by atoms with Crippen LogP contribution in [0.25, 0.3) is 0 Å². The fourth-order valence-electron chi connectivity index (χ4n) is 2.43. The van der Waals surface area contributed by atoms with Crippen molar-refractivity contribution in [1.82, 2.24) is 0 Å². The van der Waals surface area contributed by atoms with Gasteiger partial charge in [-0.05, 0) is 12.5 Å². The van der Waals surface area contributed by atoms with Gasteiger partial charge in [-0.15, -0.1) is 33.2 Å². The summed E-state index contributed by atoms with van der Waals surface area (Å²) in [4.78, 5) is -0.280. The minimum absolute atomic E-state index is 0.280. The molecule has 0 N–H and O–H groups in total. The van der Waals surface area contributed by atoms with Crippen LogP contribution in [0.4, 0.5) is 55.3 Å². The van der Waals surface area contributed by atoms with Crippen molar-refractivity contribution in [1.29, 1.82) is 0 Å². The third kappa shape index (κ3) is 4.60. The lowest BCUT2D eigenvalue weighted by Gasteiger charge is -2.27. The Morgan fingerprint density at radius 3 is 1.03 bits per heavy atom. The number of rotatable bonds is 6. The molecule has 0 saturated carbocycles. The molecule has 1 nitrogen and oxygen atoms in total. The molecule has 0 fully saturated rings. The number of hydrogen-bond donors (Lipinski definition) is 0. The fourth-order valence-corrected chi connectivity index (χ4v) is 4.20. The van der Waals surface area contributed by atoms with E-state index >= 15 is 0 Å². The highest BCUT2D eigenvalue weighted by Gasteiger charge is 2.36. The highest BCUT2D eigenvalue weighted by Crippen LogP contribution is 2.40. The van der Waals surface area contributed by atoms with Crippen LogP contribution < -0.4 is 4.90 Å². The first-order valence-electron chi connectivity index (χ1n) is 7.57. The van der Waals surface area contributed by atoms with Crippen molar-refractivity contribution in [2.24, 2.45) is 0 Å². The van der Waals surface area contributed by atoms with Crippen molar-refractivity contribution >= 4 is 50.6 Å². The molecular weight excluding hydrogens is 519 g/mol. The van der Waals surface area contributed by atoms with Gasteiger partial charge in [0.1, 0.15) is 11.4 Å². The molecule has 0 radical (unpaired) electrons. The van der Waals surface area contributed by atoms with Gasteiger partial charge in [0.15, 0.2) is 46.5 Å². The van der Waals surface area contributed by atoms with Gasteiger partial charge in [0, 0.05) is 6.54 Å². The lowest BCUT2D eigenvalue weighted by Crippen LogP contribution is -2.27. The highest BCUT2D eigenvalue weighted by molar-refractivity contribution is 7.64. The number of nitrogens with zero attached hydrogens (tertiary/aromatic N) is 1. The highest BCUT2D eigenvalue weighted by atomic mass is 35.8. The van der Waals surface area contributed by atoms with Crippen molar-refractivity contribution in [2.75, 3.05) is 11.4 Å². The van der Waals surface area contributed by atoms with Crippen molar-refractivity contribution < 1.29 is 43.9 Å².